The summed E-state index contributed by atoms with van der Waals surface area (Å²) in [6.45, 7) is 0. The summed E-state index contributed by atoms with van der Waals surface area (Å²) < 4.78 is 20.7. The van der Waals surface area contributed by atoms with Crippen LogP contribution in [0.25, 0.3) is 0 Å². The lowest BCUT2D eigenvalue weighted by atomic mass is 10.2. The summed E-state index contributed by atoms with van der Waals surface area (Å²) in [5.74, 6) is 0.0213. The van der Waals surface area contributed by atoms with Crippen molar-refractivity contribution in [2.24, 2.45) is 5.10 Å². The molecule has 9 nitrogen and oxygen atoms in total. The number of nitrogens with zero attached hydrogens (tertiary/aromatic N) is 1. The van der Waals surface area contributed by atoms with Gasteiger partial charge in [-0.3, -0.25) is 9.59 Å². The molecule has 0 aliphatic carbocycles. The van der Waals surface area contributed by atoms with Gasteiger partial charge in [-0.05, 0) is 24.3 Å². The number of hydrogen-bond donors (Lipinski definition) is 2. The zero-order valence-electron chi connectivity index (χ0n) is 15.9. The van der Waals surface area contributed by atoms with Crippen LogP contribution < -0.4 is 29.7 Å². The highest BCUT2D eigenvalue weighted by Crippen LogP contribution is 2.30. The van der Waals surface area contributed by atoms with E-state index in [9.17, 15) is 9.59 Å². The quantitative estimate of drug-likeness (QED) is 0.426. The molecule has 0 saturated heterocycles. The fourth-order valence-corrected chi connectivity index (χ4v) is 2.31. The third-order valence-corrected chi connectivity index (χ3v) is 3.67. The lowest BCUT2D eigenvalue weighted by molar-refractivity contribution is -0.136. The average Bonchev–Trinajstić information content (AvgIpc) is 2.73. The lowest BCUT2D eigenvalue weighted by Gasteiger charge is -2.11. The largest absolute Gasteiger partial charge is 0.497 e. The minimum absolute atomic E-state index is 0.321. The molecule has 2 N–H and O–H groups in total. The van der Waals surface area contributed by atoms with Crippen LogP contribution in [0.4, 0.5) is 5.69 Å². The summed E-state index contributed by atoms with van der Waals surface area (Å²) in [7, 11) is 5.95. The lowest BCUT2D eigenvalue weighted by Crippen LogP contribution is -2.32. The normalized spacial score (nSPS) is 10.3. The standard InChI is InChI=1S/C19H21N3O6/c1-25-13-8-9-14(16(10-13)27-3)21-18(23)19(24)22-20-11-12-6-5-7-15(26-2)17(12)28-4/h5-11H,1-4H3,(H,21,23)(H,22,24)/b20-11+. The van der Waals surface area contributed by atoms with Crippen molar-refractivity contribution in [3.63, 3.8) is 0 Å². The highest BCUT2D eigenvalue weighted by molar-refractivity contribution is 6.39. The smallest absolute Gasteiger partial charge is 0.329 e. The van der Waals surface area contributed by atoms with Gasteiger partial charge >= 0.3 is 11.8 Å². The Balaban J connectivity index is 2.04. The first kappa shape index (κ1) is 20.6. The van der Waals surface area contributed by atoms with Crippen LogP contribution in [0.2, 0.25) is 0 Å². The van der Waals surface area contributed by atoms with E-state index in [4.69, 9.17) is 18.9 Å². The zero-order chi connectivity index (χ0) is 20.5. The van der Waals surface area contributed by atoms with Crippen LogP contribution in [0.3, 0.4) is 0 Å². The predicted molar refractivity (Wildman–Crippen MR) is 103 cm³/mol. The molecule has 0 unspecified atom stereocenters. The van der Waals surface area contributed by atoms with Crippen LogP contribution in [0, 0.1) is 0 Å². The van der Waals surface area contributed by atoms with Crippen molar-refractivity contribution < 1.29 is 28.5 Å². The molecule has 28 heavy (non-hydrogen) atoms. The Morgan fingerprint density at radius 2 is 1.64 bits per heavy atom. The van der Waals surface area contributed by atoms with Crippen molar-refractivity contribution in [2.75, 3.05) is 33.8 Å². The Morgan fingerprint density at radius 1 is 0.893 bits per heavy atom. The fraction of sp³-hybridized carbons (Fsp3) is 0.211. The van der Waals surface area contributed by atoms with Gasteiger partial charge in [0.25, 0.3) is 0 Å². The van der Waals surface area contributed by atoms with Crippen molar-refractivity contribution in [3.05, 3.63) is 42.0 Å². The Labute approximate surface area is 162 Å². The number of amides is 2. The number of anilines is 1. The summed E-state index contributed by atoms with van der Waals surface area (Å²) >= 11 is 0. The molecule has 9 heteroatoms. The van der Waals surface area contributed by atoms with Crippen molar-refractivity contribution in [1.29, 1.82) is 0 Å². The predicted octanol–water partition coefficient (Wildman–Crippen LogP) is 1.81. The maximum atomic E-state index is 12.1. The van der Waals surface area contributed by atoms with E-state index >= 15 is 0 Å². The maximum Gasteiger partial charge on any atom is 0.329 e. The van der Waals surface area contributed by atoms with Gasteiger partial charge in [0, 0.05) is 11.6 Å². The Bertz CT molecular complexity index is 882. The monoisotopic (exact) mass is 387 g/mol. The van der Waals surface area contributed by atoms with E-state index in [2.05, 4.69) is 15.8 Å². The summed E-state index contributed by atoms with van der Waals surface area (Å²) in [4.78, 5) is 24.1. The molecule has 0 aromatic heterocycles. The minimum atomic E-state index is -0.948. The van der Waals surface area contributed by atoms with E-state index in [0.717, 1.165) is 0 Å². The van der Waals surface area contributed by atoms with E-state index in [1.807, 2.05) is 0 Å². The van der Waals surface area contributed by atoms with Crippen molar-refractivity contribution >= 4 is 23.7 Å². The maximum absolute atomic E-state index is 12.1. The molecule has 0 bridgehead atoms. The molecule has 2 rings (SSSR count). The van der Waals surface area contributed by atoms with Gasteiger partial charge in [0.05, 0.1) is 40.3 Å². The second-order valence-corrected chi connectivity index (χ2v) is 5.30. The first-order chi connectivity index (χ1) is 13.5. The Hall–Kier alpha value is -3.75. The second-order valence-electron chi connectivity index (χ2n) is 5.30. The Kier molecular flexibility index (Phi) is 7.21. The first-order valence-electron chi connectivity index (χ1n) is 8.11. The van der Waals surface area contributed by atoms with E-state index in [1.54, 1.807) is 36.4 Å². The molecule has 2 amide bonds. The number of carbonyl (C=O) groups is 2. The zero-order valence-corrected chi connectivity index (χ0v) is 15.9. The van der Waals surface area contributed by atoms with Crippen LogP contribution in [0.5, 0.6) is 23.0 Å². The Morgan fingerprint density at radius 3 is 2.29 bits per heavy atom. The molecule has 0 heterocycles. The molecule has 2 aromatic carbocycles. The summed E-state index contributed by atoms with van der Waals surface area (Å²) in [6, 6.07) is 9.97. The van der Waals surface area contributed by atoms with Gasteiger partial charge in [-0.1, -0.05) is 6.07 Å². The van der Waals surface area contributed by atoms with Crippen LogP contribution in [-0.4, -0.2) is 46.5 Å². The SMILES string of the molecule is COc1ccc(NC(=O)C(=O)N/N=C/c2cccc(OC)c2OC)c(OC)c1. The van der Waals surface area contributed by atoms with Gasteiger partial charge in [0.2, 0.25) is 0 Å². The topological polar surface area (TPSA) is 107 Å². The van der Waals surface area contributed by atoms with Gasteiger partial charge < -0.3 is 24.3 Å². The number of rotatable bonds is 7. The number of benzene rings is 2. The molecule has 0 aliphatic heterocycles. The number of hydrogen-bond acceptors (Lipinski definition) is 7. The molecule has 0 atom stereocenters. The second kappa shape index (κ2) is 9.81. The van der Waals surface area contributed by atoms with Gasteiger partial charge in [-0.15, -0.1) is 0 Å². The number of nitrogens with one attached hydrogen (secondary N) is 2. The van der Waals surface area contributed by atoms with Crippen molar-refractivity contribution in [3.8, 4) is 23.0 Å². The molecular formula is C19H21N3O6. The van der Waals surface area contributed by atoms with Crippen LogP contribution in [-0.2, 0) is 9.59 Å². The number of carbonyl (C=O) groups excluding carboxylic acids is 2. The van der Waals surface area contributed by atoms with Crippen LogP contribution in [0.15, 0.2) is 41.5 Å². The number of methoxy groups -OCH3 is 4. The third kappa shape index (κ3) is 4.91. The third-order valence-electron chi connectivity index (χ3n) is 3.67. The first-order valence-corrected chi connectivity index (χ1v) is 8.11. The van der Waals surface area contributed by atoms with E-state index in [1.165, 1.54) is 34.7 Å². The van der Waals surface area contributed by atoms with Gasteiger partial charge in [0.15, 0.2) is 11.5 Å². The summed E-state index contributed by atoms with van der Waals surface area (Å²) in [5, 5.41) is 6.24. The summed E-state index contributed by atoms with van der Waals surface area (Å²) in [5.41, 5.74) is 3.05. The van der Waals surface area contributed by atoms with E-state index < -0.39 is 11.8 Å². The summed E-state index contributed by atoms with van der Waals surface area (Å²) in [6.07, 6.45) is 1.35. The molecular weight excluding hydrogens is 366 g/mol. The molecule has 148 valence electrons. The highest BCUT2D eigenvalue weighted by Gasteiger charge is 2.16. The molecule has 0 saturated carbocycles. The van der Waals surface area contributed by atoms with Gasteiger partial charge in [-0.25, -0.2) is 5.43 Å². The van der Waals surface area contributed by atoms with Crippen LogP contribution >= 0.6 is 0 Å². The van der Waals surface area contributed by atoms with Crippen molar-refractivity contribution in [1.82, 2.24) is 5.43 Å². The molecule has 2 aromatic rings. The molecule has 0 fully saturated rings. The van der Waals surface area contributed by atoms with Gasteiger partial charge in [-0.2, -0.15) is 5.10 Å². The van der Waals surface area contributed by atoms with E-state index in [-0.39, 0.29) is 0 Å². The van der Waals surface area contributed by atoms with Crippen LogP contribution in [0.1, 0.15) is 5.56 Å². The molecule has 0 radical (unpaired) electrons. The minimum Gasteiger partial charge on any atom is -0.497 e. The fourth-order valence-electron chi connectivity index (χ4n) is 2.31. The van der Waals surface area contributed by atoms with Crippen molar-refractivity contribution in [2.45, 2.75) is 0 Å². The molecule has 0 aliphatic rings. The highest BCUT2D eigenvalue weighted by atomic mass is 16.5. The van der Waals surface area contributed by atoms with E-state index in [0.29, 0.717) is 34.2 Å². The molecule has 0 spiro atoms. The number of ether oxygens (including phenoxy) is 4. The number of hydrazone groups is 1. The number of para-hydroxylation sites is 1. The average molecular weight is 387 g/mol. The van der Waals surface area contributed by atoms with Gasteiger partial charge in [0.1, 0.15) is 11.5 Å².